The highest BCUT2D eigenvalue weighted by Gasteiger charge is 2.30. The van der Waals surface area contributed by atoms with Gasteiger partial charge in [-0.1, -0.05) is 17.7 Å². The summed E-state index contributed by atoms with van der Waals surface area (Å²) in [6.45, 7) is 3.93. The number of nitrogens with zero attached hydrogens (tertiary/aromatic N) is 1. The molecule has 1 aliphatic heterocycles. The molecule has 2 heterocycles. The largest absolute Gasteiger partial charge is 0.481 e. The molecule has 0 unspecified atom stereocenters. The highest BCUT2D eigenvalue weighted by molar-refractivity contribution is 7.17. The standard InChI is InChI=1S/C22H25ClN2O4S/c1-14(29-16-6-4-5-15(23)13-16)20(26)24-21-19(17-7-2-3-8-18(17)30-21)22(27)25-9-11-28-12-10-25/h4-6,13-14H,2-3,7-12H2,1H3,(H,24,26)/t14-/m0/s1. The molecule has 0 bridgehead atoms. The molecule has 160 valence electrons. The van der Waals surface area contributed by atoms with Crippen molar-refractivity contribution in [1.82, 2.24) is 4.90 Å². The van der Waals surface area contributed by atoms with E-state index in [1.807, 2.05) is 4.90 Å². The lowest BCUT2D eigenvalue weighted by molar-refractivity contribution is -0.122. The first-order chi connectivity index (χ1) is 14.5. The van der Waals surface area contributed by atoms with Crippen molar-refractivity contribution in [2.45, 2.75) is 38.7 Å². The molecule has 1 aliphatic carbocycles. The number of carbonyl (C=O) groups excluding carboxylic acids is 2. The number of benzene rings is 1. The van der Waals surface area contributed by atoms with E-state index in [9.17, 15) is 9.59 Å². The Labute approximate surface area is 185 Å². The molecule has 2 amide bonds. The number of nitrogens with one attached hydrogen (secondary N) is 1. The molecule has 1 saturated heterocycles. The van der Waals surface area contributed by atoms with Crippen LogP contribution in [-0.4, -0.2) is 49.1 Å². The van der Waals surface area contributed by atoms with Gasteiger partial charge in [0.15, 0.2) is 6.10 Å². The van der Waals surface area contributed by atoms with Gasteiger partial charge < -0.3 is 19.7 Å². The molecule has 0 radical (unpaired) electrons. The number of hydrogen-bond donors (Lipinski definition) is 1. The van der Waals surface area contributed by atoms with Crippen LogP contribution < -0.4 is 10.1 Å². The molecule has 4 rings (SSSR count). The molecular weight excluding hydrogens is 424 g/mol. The minimum Gasteiger partial charge on any atom is -0.481 e. The number of fused-ring (bicyclic) bond motifs is 1. The predicted molar refractivity (Wildman–Crippen MR) is 118 cm³/mol. The second-order valence-corrected chi connectivity index (χ2v) is 9.07. The van der Waals surface area contributed by atoms with Crippen molar-refractivity contribution < 1.29 is 19.1 Å². The molecule has 0 saturated carbocycles. The van der Waals surface area contributed by atoms with E-state index in [0.717, 1.165) is 31.2 Å². The van der Waals surface area contributed by atoms with E-state index in [-0.39, 0.29) is 11.8 Å². The minimum absolute atomic E-state index is 0.0172. The van der Waals surface area contributed by atoms with Crippen molar-refractivity contribution in [3.8, 4) is 5.75 Å². The van der Waals surface area contributed by atoms with Crippen LogP contribution in [0.1, 0.15) is 40.6 Å². The summed E-state index contributed by atoms with van der Waals surface area (Å²) in [6, 6.07) is 6.95. The van der Waals surface area contributed by atoms with Gasteiger partial charge in [-0.05, 0) is 56.4 Å². The summed E-state index contributed by atoms with van der Waals surface area (Å²) in [4.78, 5) is 29.2. The van der Waals surface area contributed by atoms with Crippen molar-refractivity contribution in [2.75, 3.05) is 31.6 Å². The van der Waals surface area contributed by atoms with Gasteiger partial charge in [-0.15, -0.1) is 11.3 Å². The fourth-order valence-electron chi connectivity index (χ4n) is 3.82. The molecule has 6 nitrogen and oxygen atoms in total. The van der Waals surface area contributed by atoms with E-state index >= 15 is 0 Å². The van der Waals surface area contributed by atoms with Crippen molar-refractivity contribution in [3.05, 3.63) is 45.3 Å². The number of hydrogen-bond acceptors (Lipinski definition) is 5. The van der Waals surface area contributed by atoms with E-state index in [4.69, 9.17) is 21.1 Å². The Morgan fingerprint density at radius 1 is 1.23 bits per heavy atom. The maximum absolute atomic E-state index is 13.3. The number of anilines is 1. The minimum atomic E-state index is -0.728. The number of rotatable bonds is 5. The van der Waals surface area contributed by atoms with E-state index < -0.39 is 6.10 Å². The van der Waals surface area contributed by atoms with Crippen molar-refractivity contribution in [2.24, 2.45) is 0 Å². The summed E-state index contributed by atoms with van der Waals surface area (Å²) in [6.07, 6.45) is 3.28. The molecule has 1 N–H and O–H groups in total. The molecule has 2 aromatic rings. The number of morpholine rings is 1. The Kier molecular flexibility index (Phi) is 6.61. The molecule has 1 aromatic heterocycles. The SMILES string of the molecule is C[C@H](Oc1cccc(Cl)c1)C(=O)Nc1sc2c(c1C(=O)N1CCOCC1)CCCC2. The van der Waals surface area contributed by atoms with Gasteiger partial charge in [0, 0.05) is 23.0 Å². The summed E-state index contributed by atoms with van der Waals surface area (Å²) in [5.74, 6) is 0.223. The number of aryl methyl sites for hydroxylation is 1. The monoisotopic (exact) mass is 448 g/mol. The third kappa shape index (κ3) is 4.63. The van der Waals surface area contributed by atoms with Crippen LogP contribution in [0.3, 0.4) is 0 Å². The number of carbonyl (C=O) groups is 2. The molecule has 1 aromatic carbocycles. The Bertz CT molecular complexity index is 939. The molecular formula is C22H25ClN2O4S. The van der Waals surface area contributed by atoms with E-state index in [0.29, 0.717) is 47.6 Å². The molecule has 8 heteroatoms. The van der Waals surface area contributed by atoms with Crippen LogP contribution in [0.5, 0.6) is 5.75 Å². The first kappa shape index (κ1) is 21.2. The molecule has 1 atom stereocenters. The highest BCUT2D eigenvalue weighted by atomic mass is 35.5. The fraction of sp³-hybridized carbons (Fsp3) is 0.455. The summed E-state index contributed by atoms with van der Waals surface area (Å²) >= 11 is 7.52. The first-order valence-electron chi connectivity index (χ1n) is 10.3. The topological polar surface area (TPSA) is 67.9 Å². The van der Waals surface area contributed by atoms with Gasteiger partial charge in [0.05, 0.1) is 18.8 Å². The second kappa shape index (κ2) is 9.37. The lowest BCUT2D eigenvalue weighted by Gasteiger charge is -2.28. The van der Waals surface area contributed by atoms with Gasteiger partial charge in [0.25, 0.3) is 11.8 Å². The van der Waals surface area contributed by atoms with Gasteiger partial charge in [0.2, 0.25) is 0 Å². The average molecular weight is 449 g/mol. The summed E-state index contributed by atoms with van der Waals surface area (Å²) in [7, 11) is 0. The van der Waals surface area contributed by atoms with Crippen LogP contribution in [0.4, 0.5) is 5.00 Å². The predicted octanol–water partition coefficient (Wildman–Crippen LogP) is 4.16. The number of halogens is 1. The van der Waals surface area contributed by atoms with E-state index in [1.165, 1.54) is 16.2 Å². The van der Waals surface area contributed by atoms with Gasteiger partial charge in [-0.3, -0.25) is 9.59 Å². The molecule has 0 spiro atoms. The smallest absolute Gasteiger partial charge is 0.265 e. The van der Waals surface area contributed by atoms with Gasteiger partial charge in [-0.2, -0.15) is 0 Å². The normalized spacial score (nSPS) is 17.2. The van der Waals surface area contributed by atoms with Crippen LogP contribution in [0.15, 0.2) is 24.3 Å². The quantitative estimate of drug-likeness (QED) is 0.745. The molecule has 1 fully saturated rings. The average Bonchev–Trinajstić information content (AvgIpc) is 3.11. The fourth-order valence-corrected chi connectivity index (χ4v) is 5.28. The summed E-state index contributed by atoms with van der Waals surface area (Å²) < 4.78 is 11.1. The summed E-state index contributed by atoms with van der Waals surface area (Å²) in [5.41, 5.74) is 1.75. The van der Waals surface area contributed by atoms with Crippen LogP contribution >= 0.6 is 22.9 Å². The number of amides is 2. The first-order valence-corrected chi connectivity index (χ1v) is 11.5. The maximum atomic E-state index is 13.3. The third-order valence-electron chi connectivity index (χ3n) is 5.40. The van der Waals surface area contributed by atoms with Gasteiger partial charge in [0.1, 0.15) is 10.8 Å². The Hall–Kier alpha value is -2.09. The number of thiophene rings is 1. The maximum Gasteiger partial charge on any atom is 0.265 e. The van der Waals surface area contributed by atoms with Gasteiger partial charge in [-0.25, -0.2) is 0 Å². The van der Waals surface area contributed by atoms with Crippen LogP contribution in [0.2, 0.25) is 5.02 Å². The van der Waals surface area contributed by atoms with Crippen LogP contribution in [0, 0.1) is 0 Å². The summed E-state index contributed by atoms with van der Waals surface area (Å²) in [5, 5.41) is 4.14. The zero-order chi connectivity index (χ0) is 21.1. The van der Waals surface area contributed by atoms with Gasteiger partial charge >= 0.3 is 0 Å². The zero-order valence-electron chi connectivity index (χ0n) is 16.9. The Morgan fingerprint density at radius 2 is 2.00 bits per heavy atom. The lowest BCUT2D eigenvalue weighted by atomic mass is 9.95. The third-order valence-corrected chi connectivity index (χ3v) is 6.84. The Balaban J connectivity index is 1.54. The van der Waals surface area contributed by atoms with Crippen LogP contribution in [0.25, 0.3) is 0 Å². The van der Waals surface area contributed by atoms with E-state index in [1.54, 1.807) is 31.2 Å². The molecule has 2 aliphatic rings. The Morgan fingerprint density at radius 3 is 2.77 bits per heavy atom. The lowest BCUT2D eigenvalue weighted by Crippen LogP contribution is -2.41. The second-order valence-electron chi connectivity index (χ2n) is 7.53. The van der Waals surface area contributed by atoms with Crippen molar-refractivity contribution in [1.29, 1.82) is 0 Å². The highest BCUT2D eigenvalue weighted by Crippen LogP contribution is 2.39. The van der Waals surface area contributed by atoms with E-state index in [2.05, 4.69) is 5.32 Å². The van der Waals surface area contributed by atoms with Crippen LogP contribution in [-0.2, 0) is 22.4 Å². The van der Waals surface area contributed by atoms with Crippen molar-refractivity contribution >= 4 is 39.8 Å². The zero-order valence-corrected chi connectivity index (χ0v) is 18.5. The molecule has 30 heavy (non-hydrogen) atoms. The van der Waals surface area contributed by atoms with Crippen molar-refractivity contribution in [3.63, 3.8) is 0 Å². The number of ether oxygens (including phenoxy) is 2.